The van der Waals surface area contributed by atoms with Gasteiger partial charge in [0, 0.05) is 25.2 Å². The van der Waals surface area contributed by atoms with Gasteiger partial charge in [-0.1, -0.05) is 12.5 Å². The van der Waals surface area contributed by atoms with Gasteiger partial charge in [0.1, 0.15) is 0 Å². The Morgan fingerprint density at radius 3 is 2.64 bits per heavy atom. The number of carbonyl (C=O) groups excluding carboxylic acids is 1. The van der Waals surface area contributed by atoms with E-state index in [1.807, 2.05) is 0 Å². The molecule has 1 fully saturated rings. The molecule has 0 saturated carbocycles. The molecule has 1 aromatic rings. The van der Waals surface area contributed by atoms with Gasteiger partial charge < -0.3 is 11.1 Å². The first-order valence-corrected chi connectivity index (χ1v) is 9.08. The summed E-state index contributed by atoms with van der Waals surface area (Å²) < 4.78 is 26.7. The first kappa shape index (κ1) is 16.9. The lowest BCUT2D eigenvalue weighted by Crippen LogP contribution is -2.35. The van der Waals surface area contributed by atoms with Gasteiger partial charge in [0.15, 0.2) is 0 Å². The highest BCUT2D eigenvalue weighted by atomic mass is 32.2. The highest BCUT2D eigenvalue weighted by Gasteiger charge is 2.26. The van der Waals surface area contributed by atoms with Crippen molar-refractivity contribution >= 4 is 15.9 Å². The average Bonchev–Trinajstić information content (AvgIpc) is 2.56. The number of rotatable bonds is 6. The van der Waals surface area contributed by atoms with Crippen LogP contribution in [0.15, 0.2) is 29.2 Å². The summed E-state index contributed by atoms with van der Waals surface area (Å²) in [6, 6.07) is 6.21. The predicted octanol–water partition coefficient (Wildman–Crippen LogP) is 0.940. The molecule has 7 heteroatoms. The Kier molecular flexibility index (Phi) is 5.93. The zero-order chi connectivity index (χ0) is 16.0. The summed E-state index contributed by atoms with van der Waals surface area (Å²) in [7, 11) is -3.51. The molecular formula is C15H23N3O3S. The summed E-state index contributed by atoms with van der Waals surface area (Å²) in [4.78, 5) is 12.2. The number of nitrogens with zero attached hydrogens (tertiary/aromatic N) is 1. The van der Waals surface area contributed by atoms with E-state index in [4.69, 9.17) is 5.73 Å². The van der Waals surface area contributed by atoms with Crippen LogP contribution in [0.1, 0.15) is 36.0 Å². The number of hydrogen-bond donors (Lipinski definition) is 2. The molecule has 0 spiro atoms. The van der Waals surface area contributed by atoms with Crippen LogP contribution >= 0.6 is 0 Å². The van der Waals surface area contributed by atoms with Crippen molar-refractivity contribution in [3.63, 3.8) is 0 Å². The molecule has 0 unspecified atom stereocenters. The Balaban J connectivity index is 2.15. The van der Waals surface area contributed by atoms with E-state index in [1.54, 1.807) is 18.2 Å². The van der Waals surface area contributed by atoms with Crippen molar-refractivity contribution in [2.24, 2.45) is 5.73 Å². The van der Waals surface area contributed by atoms with E-state index in [2.05, 4.69) is 5.32 Å². The van der Waals surface area contributed by atoms with Gasteiger partial charge in [-0.3, -0.25) is 4.79 Å². The van der Waals surface area contributed by atoms with Crippen molar-refractivity contribution < 1.29 is 13.2 Å². The minimum Gasteiger partial charge on any atom is -0.352 e. The predicted molar refractivity (Wildman–Crippen MR) is 85.1 cm³/mol. The van der Waals surface area contributed by atoms with Gasteiger partial charge in [0.2, 0.25) is 10.0 Å². The average molecular weight is 325 g/mol. The van der Waals surface area contributed by atoms with Gasteiger partial charge >= 0.3 is 0 Å². The third kappa shape index (κ3) is 4.06. The topological polar surface area (TPSA) is 92.5 Å². The van der Waals surface area contributed by atoms with Crippen LogP contribution < -0.4 is 11.1 Å². The van der Waals surface area contributed by atoms with Gasteiger partial charge in [0.05, 0.1) is 4.90 Å². The lowest BCUT2D eigenvalue weighted by Gasteiger charge is -2.26. The van der Waals surface area contributed by atoms with Gasteiger partial charge in [-0.2, -0.15) is 4.31 Å². The van der Waals surface area contributed by atoms with Crippen molar-refractivity contribution in [2.45, 2.75) is 30.6 Å². The van der Waals surface area contributed by atoms with Crippen LogP contribution in [0, 0.1) is 0 Å². The van der Waals surface area contributed by atoms with Crippen LogP contribution in [0.3, 0.4) is 0 Å². The molecule has 1 amide bonds. The number of piperidine rings is 1. The molecule has 22 heavy (non-hydrogen) atoms. The molecule has 6 nitrogen and oxygen atoms in total. The Labute approximate surface area is 131 Å². The number of carbonyl (C=O) groups is 1. The van der Waals surface area contributed by atoms with Gasteiger partial charge in [0.25, 0.3) is 5.91 Å². The molecule has 0 radical (unpaired) electrons. The van der Waals surface area contributed by atoms with E-state index in [1.165, 1.54) is 10.4 Å². The molecule has 1 aromatic carbocycles. The molecule has 0 aromatic heterocycles. The second kappa shape index (κ2) is 7.71. The van der Waals surface area contributed by atoms with Gasteiger partial charge in [-0.25, -0.2) is 8.42 Å². The first-order chi connectivity index (χ1) is 10.6. The normalized spacial score (nSPS) is 16.4. The highest BCUT2D eigenvalue weighted by molar-refractivity contribution is 7.89. The summed E-state index contributed by atoms with van der Waals surface area (Å²) in [5, 5.41) is 2.73. The van der Waals surface area contributed by atoms with E-state index in [-0.39, 0.29) is 10.8 Å². The summed E-state index contributed by atoms with van der Waals surface area (Å²) in [5.41, 5.74) is 5.74. The minimum atomic E-state index is -3.51. The number of hydrogen-bond acceptors (Lipinski definition) is 4. The first-order valence-electron chi connectivity index (χ1n) is 7.64. The van der Waals surface area contributed by atoms with Crippen LogP contribution in [-0.2, 0) is 10.0 Å². The third-order valence-electron chi connectivity index (χ3n) is 3.72. The molecule has 0 atom stereocenters. The molecule has 1 saturated heterocycles. The Morgan fingerprint density at radius 2 is 1.95 bits per heavy atom. The summed E-state index contributed by atoms with van der Waals surface area (Å²) >= 11 is 0. The quantitative estimate of drug-likeness (QED) is 0.761. The van der Waals surface area contributed by atoms with E-state index in [0.29, 0.717) is 38.2 Å². The number of sulfonamides is 1. The fraction of sp³-hybridized carbons (Fsp3) is 0.533. The zero-order valence-corrected chi connectivity index (χ0v) is 13.4. The highest BCUT2D eigenvalue weighted by Crippen LogP contribution is 2.21. The second-order valence-electron chi connectivity index (χ2n) is 5.39. The smallest absolute Gasteiger partial charge is 0.251 e. The minimum absolute atomic E-state index is 0.181. The summed E-state index contributed by atoms with van der Waals surface area (Å²) in [6.45, 7) is 2.09. The fourth-order valence-corrected chi connectivity index (χ4v) is 4.02. The molecule has 122 valence electrons. The number of nitrogens with two attached hydrogens (primary N) is 1. The van der Waals surface area contributed by atoms with E-state index in [9.17, 15) is 13.2 Å². The Hall–Kier alpha value is -1.44. The molecule has 0 bridgehead atoms. The van der Waals surface area contributed by atoms with Crippen molar-refractivity contribution in [3.05, 3.63) is 29.8 Å². The van der Waals surface area contributed by atoms with Crippen LogP contribution in [0.4, 0.5) is 0 Å². The van der Waals surface area contributed by atoms with Crippen molar-refractivity contribution in [3.8, 4) is 0 Å². The summed E-state index contributed by atoms with van der Waals surface area (Å²) in [6.07, 6.45) is 3.53. The van der Waals surface area contributed by atoms with Crippen molar-refractivity contribution in [2.75, 3.05) is 26.2 Å². The summed E-state index contributed by atoms with van der Waals surface area (Å²) in [5.74, 6) is -0.274. The molecule has 3 N–H and O–H groups in total. The second-order valence-corrected chi connectivity index (χ2v) is 7.33. The lowest BCUT2D eigenvalue weighted by atomic mass is 10.2. The van der Waals surface area contributed by atoms with E-state index in [0.717, 1.165) is 19.3 Å². The van der Waals surface area contributed by atoms with E-state index >= 15 is 0 Å². The van der Waals surface area contributed by atoms with E-state index < -0.39 is 10.0 Å². The number of amides is 1. The zero-order valence-electron chi connectivity index (χ0n) is 12.6. The largest absolute Gasteiger partial charge is 0.352 e. The molecule has 1 aliphatic rings. The fourth-order valence-electron chi connectivity index (χ4n) is 2.46. The Morgan fingerprint density at radius 1 is 1.23 bits per heavy atom. The third-order valence-corrected chi connectivity index (χ3v) is 5.61. The van der Waals surface area contributed by atoms with Crippen molar-refractivity contribution in [1.82, 2.24) is 9.62 Å². The molecule has 1 heterocycles. The maximum Gasteiger partial charge on any atom is 0.251 e. The molecular weight excluding hydrogens is 302 g/mol. The lowest BCUT2D eigenvalue weighted by molar-refractivity contribution is 0.0953. The molecule has 2 rings (SSSR count). The Bertz CT molecular complexity index is 610. The molecule has 0 aliphatic carbocycles. The number of benzene rings is 1. The van der Waals surface area contributed by atoms with Gasteiger partial charge in [-0.05, 0) is 44.0 Å². The standard InChI is InChI=1S/C15H23N3O3S/c16-8-5-9-17-15(19)13-6-4-7-14(12-13)22(20,21)18-10-2-1-3-11-18/h4,6-7,12H,1-3,5,8-11,16H2,(H,17,19). The monoisotopic (exact) mass is 325 g/mol. The van der Waals surface area contributed by atoms with Crippen LogP contribution in [-0.4, -0.2) is 44.8 Å². The maximum absolute atomic E-state index is 12.6. The maximum atomic E-state index is 12.6. The number of nitrogens with one attached hydrogen (secondary N) is 1. The van der Waals surface area contributed by atoms with Crippen molar-refractivity contribution in [1.29, 1.82) is 0 Å². The van der Waals surface area contributed by atoms with Crippen LogP contribution in [0.25, 0.3) is 0 Å². The van der Waals surface area contributed by atoms with Gasteiger partial charge in [-0.15, -0.1) is 0 Å². The van der Waals surface area contributed by atoms with Crippen LogP contribution in [0.5, 0.6) is 0 Å². The SMILES string of the molecule is NCCCNC(=O)c1cccc(S(=O)(=O)N2CCCCC2)c1. The molecule has 1 aliphatic heterocycles. The van der Waals surface area contributed by atoms with Crippen LogP contribution in [0.2, 0.25) is 0 Å².